The first-order chi connectivity index (χ1) is 8.63. The summed E-state index contributed by atoms with van der Waals surface area (Å²) >= 11 is 0. The van der Waals surface area contributed by atoms with Gasteiger partial charge in [0.25, 0.3) is 0 Å². The van der Waals surface area contributed by atoms with Crippen molar-refractivity contribution in [1.82, 2.24) is 15.5 Å². The zero-order valence-corrected chi connectivity index (χ0v) is 13.0. The van der Waals surface area contributed by atoms with Gasteiger partial charge in [-0.1, -0.05) is 6.92 Å². The van der Waals surface area contributed by atoms with Crippen molar-refractivity contribution in [3.63, 3.8) is 0 Å². The highest BCUT2D eigenvalue weighted by Gasteiger charge is 2.39. The molecule has 2 aliphatic rings. The van der Waals surface area contributed by atoms with Crippen LogP contribution in [-0.2, 0) is 4.79 Å². The molecule has 2 aliphatic heterocycles. The van der Waals surface area contributed by atoms with Crippen LogP contribution < -0.4 is 10.6 Å². The van der Waals surface area contributed by atoms with Gasteiger partial charge in [-0.2, -0.15) is 0 Å². The third-order valence-electron chi connectivity index (χ3n) is 4.57. The predicted octanol–water partition coefficient (Wildman–Crippen LogP) is 1.40. The zero-order chi connectivity index (χ0) is 13.0. The summed E-state index contributed by atoms with van der Waals surface area (Å²) in [6, 6.07) is 0.299. The Morgan fingerprint density at radius 2 is 2.05 bits per heavy atom. The van der Waals surface area contributed by atoms with E-state index in [2.05, 4.69) is 29.4 Å². The van der Waals surface area contributed by atoms with Crippen molar-refractivity contribution < 1.29 is 4.79 Å². The van der Waals surface area contributed by atoms with E-state index >= 15 is 0 Å². The highest BCUT2D eigenvalue weighted by Crippen LogP contribution is 2.38. The van der Waals surface area contributed by atoms with Gasteiger partial charge in [-0.25, -0.2) is 0 Å². The molecule has 2 N–H and O–H groups in total. The summed E-state index contributed by atoms with van der Waals surface area (Å²) in [5.74, 6) is 0.190. The maximum absolute atomic E-state index is 11.9. The SMILES string of the molecule is CCC(C)NC(=O)CN1CCC2(CCNCC2)C1.Cl. The van der Waals surface area contributed by atoms with Crippen LogP contribution in [0.15, 0.2) is 0 Å². The largest absolute Gasteiger partial charge is 0.353 e. The van der Waals surface area contributed by atoms with Gasteiger partial charge in [0.05, 0.1) is 6.54 Å². The average Bonchev–Trinajstić information content (AvgIpc) is 2.72. The van der Waals surface area contributed by atoms with Crippen molar-refractivity contribution in [2.24, 2.45) is 5.41 Å². The first-order valence-corrected chi connectivity index (χ1v) is 7.36. The fourth-order valence-corrected chi connectivity index (χ4v) is 3.15. The van der Waals surface area contributed by atoms with Crippen LogP contribution in [0.3, 0.4) is 0 Å². The van der Waals surface area contributed by atoms with Crippen molar-refractivity contribution in [2.45, 2.75) is 45.6 Å². The number of amides is 1. The van der Waals surface area contributed by atoms with E-state index in [-0.39, 0.29) is 18.3 Å². The number of rotatable bonds is 4. The molecule has 0 aliphatic carbocycles. The number of carbonyl (C=O) groups excluding carboxylic acids is 1. The number of piperidine rings is 1. The summed E-state index contributed by atoms with van der Waals surface area (Å²) in [4.78, 5) is 14.2. The summed E-state index contributed by atoms with van der Waals surface area (Å²) in [6.07, 6.45) is 4.82. The Morgan fingerprint density at radius 1 is 1.37 bits per heavy atom. The quantitative estimate of drug-likeness (QED) is 0.822. The number of carbonyl (C=O) groups is 1. The Kier molecular flexibility index (Phi) is 6.57. The molecule has 0 radical (unpaired) electrons. The molecule has 0 aromatic heterocycles. The van der Waals surface area contributed by atoms with Gasteiger partial charge in [0.15, 0.2) is 0 Å². The third-order valence-corrected chi connectivity index (χ3v) is 4.57. The lowest BCUT2D eigenvalue weighted by Crippen LogP contribution is -2.42. The van der Waals surface area contributed by atoms with Gasteiger partial charge in [0, 0.05) is 12.6 Å². The van der Waals surface area contributed by atoms with Gasteiger partial charge in [-0.15, -0.1) is 12.4 Å². The smallest absolute Gasteiger partial charge is 0.234 e. The minimum absolute atomic E-state index is 0. The van der Waals surface area contributed by atoms with Crippen LogP contribution >= 0.6 is 12.4 Å². The van der Waals surface area contributed by atoms with Crippen molar-refractivity contribution in [2.75, 3.05) is 32.7 Å². The fourth-order valence-electron chi connectivity index (χ4n) is 3.15. The van der Waals surface area contributed by atoms with Gasteiger partial charge in [-0.05, 0) is 57.7 Å². The third kappa shape index (κ3) is 4.62. The summed E-state index contributed by atoms with van der Waals surface area (Å²) in [5, 5.41) is 6.48. The topological polar surface area (TPSA) is 44.4 Å². The summed E-state index contributed by atoms with van der Waals surface area (Å²) in [6.45, 7) is 9.25. The molecule has 1 unspecified atom stereocenters. The van der Waals surface area contributed by atoms with E-state index in [1.807, 2.05) is 0 Å². The van der Waals surface area contributed by atoms with Crippen molar-refractivity contribution in [3.05, 3.63) is 0 Å². The van der Waals surface area contributed by atoms with Crippen molar-refractivity contribution >= 4 is 18.3 Å². The number of likely N-dealkylation sites (tertiary alicyclic amines) is 1. The molecule has 2 saturated heterocycles. The van der Waals surface area contributed by atoms with Gasteiger partial charge in [0.2, 0.25) is 5.91 Å². The lowest BCUT2D eigenvalue weighted by Gasteiger charge is -2.33. The molecular weight excluding hydrogens is 262 g/mol. The number of nitrogens with one attached hydrogen (secondary N) is 2. The minimum atomic E-state index is 0. The second-order valence-electron chi connectivity index (χ2n) is 6.09. The average molecular weight is 290 g/mol. The van der Waals surface area contributed by atoms with E-state index < -0.39 is 0 Å². The van der Waals surface area contributed by atoms with E-state index in [0.29, 0.717) is 18.0 Å². The van der Waals surface area contributed by atoms with E-state index in [1.165, 1.54) is 19.3 Å². The first-order valence-electron chi connectivity index (χ1n) is 7.36. The normalized spacial score (nSPS) is 23.9. The molecule has 4 nitrogen and oxygen atoms in total. The lowest BCUT2D eigenvalue weighted by molar-refractivity contribution is -0.122. The van der Waals surface area contributed by atoms with Crippen LogP contribution in [0.5, 0.6) is 0 Å². The van der Waals surface area contributed by atoms with Crippen LogP contribution in [0.25, 0.3) is 0 Å². The summed E-state index contributed by atoms with van der Waals surface area (Å²) < 4.78 is 0. The van der Waals surface area contributed by atoms with Crippen molar-refractivity contribution in [3.8, 4) is 0 Å². The van der Waals surface area contributed by atoms with Crippen LogP contribution in [0.4, 0.5) is 0 Å². The van der Waals surface area contributed by atoms with Crippen LogP contribution in [0.1, 0.15) is 39.5 Å². The molecule has 2 heterocycles. The van der Waals surface area contributed by atoms with Gasteiger partial charge < -0.3 is 10.6 Å². The van der Waals surface area contributed by atoms with E-state index in [1.54, 1.807) is 0 Å². The molecule has 19 heavy (non-hydrogen) atoms. The minimum Gasteiger partial charge on any atom is -0.353 e. The molecule has 5 heteroatoms. The standard InChI is InChI=1S/C14H27N3O.ClH/c1-3-12(2)16-13(18)10-17-9-6-14(11-17)4-7-15-8-5-14;/h12,15H,3-11H2,1-2H3,(H,16,18);1H. The second kappa shape index (κ2) is 7.46. The maximum Gasteiger partial charge on any atom is 0.234 e. The Morgan fingerprint density at radius 3 is 2.68 bits per heavy atom. The van der Waals surface area contributed by atoms with Crippen LogP contribution in [-0.4, -0.2) is 49.6 Å². The number of nitrogens with zero attached hydrogens (tertiary/aromatic N) is 1. The van der Waals surface area contributed by atoms with Gasteiger partial charge in [0.1, 0.15) is 0 Å². The summed E-state index contributed by atoms with van der Waals surface area (Å²) in [5.41, 5.74) is 0.502. The second-order valence-corrected chi connectivity index (χ2v) is 6.09. The number of hydrogen-bond acceptors (Lipinski definition) is 3. The highest BCUT2D eigenvalue weighted by molar-refractivity contribution is 5.85. The van der Waals surface area contributed by atoms with Gasteiger partial charge in [-0.3, -0.25) is 9.69 Å². The molecule has 1 amide bonds. The highest BCUT2D eigenvalue weighted by atomic mass is 35.5. The van der Waals surface area contributed by atoms with Crippen LogP contribution in [0.2, 0.25) is 0 Å². The molecule has 1 atom stereocenters. The lowest BCUT2D eigenvalue weighted by atomic mass is 9.78. The Balaban J connectivity index is 0.00000180. The first kappa shape index (κ1) is 16.7. The van der Waals surface area contributed by atoms with E-state index in [0.717, 1.165) is 32.6 Å². The molecule has 0 bridgehead atoms. The fraction of sp³-hybridized carbons (Fsp3) is 0.929. The number of halogens is 1. The monoisotopic (exact) mass is 289 g/mol. The molecule has 1 spiro atoms. The maximum atomic E-state index is 11.9. The molecule has 0 saturated carbocycles. The Labute approximate surface area is 123 Å². The zero-order valence-electron chi connectivity index (χ0n) is 12.2. The van der Waals surface area contributed by atoms with Gasteiger partial charge >= 0.3 is 0 Å². The molecule has 112 valence electrons. The molecule has 2 fully saturated rings. The Bertz CT molecular complexity index is 292. The van der Waals surface area contributed by atoms with E-state index in [4.69, 9.17) is 0 Å². The van der Waals surface area contributed by atoms with Crippen LogP contribution in [0, 0.1) is 5.41 Å². The summed E-state index contributed by atoms with van der Waals surface area (Å²) in [7, 11) is 0. The van der Waals surface area contributed by atoms with E-state index in [9.17, 15) is 4.79 Å². The van der Waals surface area contributed by atoms with Crippen molar-refractivity contribution in [1.29, 1.82) is 0 Å². The molecular formula is C14H28ClN3O. The molecule has 0 aromatic carbocycles. The molecule has 0 aromatic rings. The Hall–Kier alpha value is -0.320. The molecule has 2 rings (SSSR count). The predicted molar refractivity (Wildman–Crippen MR) is 80.7 cm³/mol. The number of hydrogen-bond donors (Lipinski definition) is 2.